The summed E-state index contributed by atoms with van der Waals surface area (Å²) >= 11 is 0. The van der Waals surface area contributed by atoms with E-state index in [0.29, 0.717) is 19.1 Å². The van der Waals surface area contributed by atoms with Crippen LogP contribution < -0.4 is 5.14 Å². The molecular weight excluding hydrogens is 204 g/mol. The van der Waals surface area contributed by atoms with E-state index in [1.54, 1.807) is 7.11 Å². The van der Waals surface area contributed by atoms with Crippen molar-refractivity contribution >= 4 is 10.2 Å². The highest BCUT2D eigenvalue weighted by molar-refractivity contribution is 7.86. The molecule has 0 aromatic carbocycles. The molecule has 2 N–H and O–H groups in total. The summed E-state index contributed by atoms with van der Waals surface area (Å²) < 4.78 is 28.7. The van der Waals surface area contributed by atoms with E-state index in [4.69, 9.17) is 9.88 Å². The molecule has 1 fully saturated rings. The number of rotatable bonds is 6. The Labute approximate surface area is 85.4 Å². The van der Waals surface area contributed by atoms with E-state index in [-0.39, 0.29) is 6.04 Å². The van der Waals surface area contributed by atoms with Crippen LogP contribution >= 0.6 is 0 Å². The molecule has 6 heteroatoms. The van der Waals surface area contributed by atoms with Gasteiger partial charge >= 0.3 is 0 Å². The zero-order chi connectivity index (χ0) is 10.8. The minimum Gasteiger partial charge on any atom is -0.383 e. The van der Waals surface area contributed by atoms with Crippen molar-refractivity contribution in [2.45, 2.75) is 25.8 Å². The van der Waals surface area contributed by atoms with E-state index in [0.717, 1.165) is 12.8 Å². The van der Waals surface area contributed by atoms with Gasteiger partial charge in [-0.2, -0.15) is 12.7 Å². The van der Waals surface area contributed by atoms with Crippen molar-refractivity contribution in [3.8, 4) is 0 Å². The molecule has 1 rings (SSSR count). The molecule has 1 atom stereocenters. The van der Waals surface area contributed by atoms with Crippen molar-refractivity contribution in [3.05, 3.63) is 0 Å². The summed E-state index contributed by atoms with van der Waals surface area (Å²) in [6.45, 7) is 2.62. The predicted octanol–water partition coefficient (Wildman–Crippen LogP) is -0.0632. The molecule has 1 aliphatic rings. The standard InChI is InChI=1S/C8H18N2O3S/c1-7(8-3-4-8)10(5-6-13-2)14(9,11)12/h7-8H,3-6H2,1-2H3,(H2,9,11,12). The quantitative estimate of drug-likeness (QED) is 0.684. The van der Waals surface area contributed by atoms with Gasteiger partial charge in [0.25, 0.3) is 10.2 Å². The molecule has 0 amide bonds. The second-order valence-electron chi connectivity index (χ2n) is 3.73. The summed E-state index contributed by atoms with van der Waals surface area (Å²) in [7, 11) is -2.04. The van der Waals surface area contributed by atoms with Crippen LogP contribution in [0, 0.1) is 5.92 Å². The molecule has 84 valence electrons. The Morgan fingerprint density at radius 2 is 2.14 bits per heavy atom. The Balaban J connectivity index is 2.60. The van der Waals surface area contributed by atoms with Gasteiger partial charge in [0, 0.05) is 19.7 Å². The molecule has 0 spiro atoms. The summed E-state index contributed by atoms with van der Waals surface area (Å²) in [6, 6.07) is 0.000139. The smallest absolute Gasteiger partial charge is 0.277 e. The average molecular weight is 222 g/mol. The maximum Gasteiger partial charge on any atom is 0.277 e. The molecule has 0 aromatic rings. The first-order chi connectivity index (χ1) is 6.46. The SMILES string of the molecule is COCCN(C(C)C1CC1)S(N)(=O)=O. The van der Waals surface area contributed by atoms with Crippen molar-refractivity contribution < 1.29 is 13.2 Å². The maximum atomic E-state index is 11.3. The summed E-state index contributed by atoms with van der Waals surface area (Å²) in [5, 5.41) is 5.13. The van der Waals surface area contributed by atoms with E-state index < -0.39 is 10.2 Å². The van der Waals surface area contributed by atoms with Crippen molar-refractivity contribution in [3.63, 3.8) is 0 Å². The summed E-state index contributed by atoms with van der Waals surface area (Å²) in [4.78, 5) is 0. The first-order valence-electron chi connectivity index (χ1n) is 4.75. The largest absolute Gasteiger partial charge is 0.383 e. The molecule has 5 nitrogen and oxygen atoms in total. The average Bonchev–Trinajstić information content (AvgIpc) is 2.84. The molecule has 0 aliphatic heterocycles. The zero-order valence-corrected chi connectivity index (χ0v) is 9.46. The molecule has 0 heterocycles. The molecule has 0 bridgehead atoms. The third-order valence-corrected chi connectivity index (χ3v) is 3.77. The molecule has 0 saturated heterocycles. The van der Waals surface area contributed by atoms with Crippen molar-refractivity contribution in [2.75, 3.05) is 20.3 Å². The Kier molecular flexibility index (Phi) is 3.88. The number of hydrogen-bond acceptors (Lipinski definition) is 3. The normalized spacial score (nSPS) is 20.0. The van der Waals surface area contributed by atoms with Gasteiger partial charge in [0.1, 0.15) is 0 Å². The van der Waals surface area contributed by atoms with Crippen LogP contribution in [-0.2, 0) is 14.9 Å². The van der Waals surface area contributed by atoms with E-state index in [1.807, 2.05) is 6.92 Å². The monoisotopic (exact) mass is 222 g/mol. The minimum absolute atomic E-state index is 0.000139. The predicted molar refractivity (Wildman–Crippen MR) is 53.9 cm³/mol. The fraction of sp³-hybridized carbons (Fsp3) is 1.00. The van der Waals surface area contributed by atoms with Crippen molar-refractivity contribution in [1.82, 2.24) is 4.31 Å². The van der Waals surface area contributed by atoms with Crippen LogP contribution in [0.1, 0.15) is 19.8 Å². The number of ether oxygens (including phenoxy) is 1. The minimum atomic E-state index is -3.59. The van der Waals surface area contributed by atoms with Gasteiger partial charge in [0.15, 0.2) is 0 Å². The van der Waals surface area contributed by atoms with Crippen LogP contribution in [-0.4, -0.2) is 39.0 Å². The molecule has 1 unspecified atom stereocenters. The van der Waals surface area contributed by atoms with Crippen molar-refractivity contribution in [1.29, 1.82) is 0 Å². The number of nitrogens with two attached hydrogens (primary N) is 1. The van der Waals surface area contributed by atoms with Crippen LogP contribution in [0.25, 0.3) is 0 Å². The van der Waals surface area contributed by atoms with Gasteiger partial charge in [-0.15, -0.1) is 0 Å². The highest BCUT2D eigenvalue weighted by Crippen LogP contribution is 2.35. The fourth-order valence-corrected chi connectivity index (χ4v) is 2.52. The Morgan fingerprint density at radius 1 is 1.57 bits per heavy atom. The first-order valence-corrected chi connectivity index (χ1v) is 6.25. The van der Waals surface area contributed by atoms with E-state index >= 15 is 0 Å². The molecule has 1 saturated carbocycles. The lowest BCUT2D eigenvalue weighted by atomic mass is 10.2. The van der Waals surface area contributed by atoms with Gasteiger partial charge in [-0.05, 0) is 25.7 Å². The Bertz CT molecular complexity index is 274. The molecular formula is C8H18N2O3S. The second-order valence-corrected chi connectivity index (χ2v) is 5.23. The van der Waals surface area contributed by atoms with Crippen molar-refractivity contribution in [2.24, 2.45) is 11.1 Å². The Morgan fingerprint density at radius 3 is 2.50 bits per heavy atom. The molecule has 0 aromatic heterocycles. The first kappa shape index (κ1) is 11.9. The Hall–Kier alpha value is -0.170. The van der Waals surface area contributed by atoms with Gasteiger partial charge < -0.3 is 4.74 Å². The maximum absolute atomic E-state index is 11.3. The van der Waals surface area contributed by atoms with Crippen LogP contribution in [0.4, 0.5) is 0 Å². The van der Waals surface area contributed by atoms with E-state index in [2.05, 4.69) is 0 Å². The summed E-state index contributed by atoms with van der Waals surface area (Å²) in [6.07, 6.45) is 2.19. The lowest BCUT2D eigenvalue weighted by Crippen LogP contribution is -2.45. The lowest BCUT2D eigenvalue weighted by Gasteiger charge is -2.25. The fourth-order valence-electron chi connectivity index (χ4n) is 1.56. The highest BCUT2D eigenvalue weighted by atomic mass is 32.2. The molecule has 1 aliphatic carbocycles. The van der Waals surface area contributed by atoms with Gasteiger partial charge in [-0.1, -0.05) is 0 Å². The van der Waals surface area contributed by atoms with Gasteiger partial charge in [-0.25, -0.2) is 5.14 Å². The van der Waals surface area contributed by atoms with E-state index in [9.17, 15) is 8.42 Å². The summed E-state index contributed by atoms with van der Waals surface area (Å²) in [5.41, 5.74) is 0. The van der Waals surface area contributed by atoms with Gasteiger partial charge in [0.05, 0.1) is 6.61 Å². The zero-order valence-electron chi connectivity index (χ0n) is 8.64. The number of nitrogens with zero attached hydrogens (tertiary/aromatic N) is 1. The summed E-state index contributed by atoms with van der Waals surface area (Å²) in [5.74, 6) is 0.477. The second kappa shape index (κ2) is 4.57. The lowest BCUT2D eigenvalue weighted by molar-refractivity contribution is 0.164. The van der Waals surface area contributed by atoms with Crippen LogP contribution in [0.3, 0.4) is 0 Å². The van der Waals surface area contributed by atoms with Crippen LogP contribution in [0.15, 0.2) is 0 Å². The van der Waals surface area contributed by atoms with Gasteiger partial charge in [0.2, 0.25) is 0 Å². The molecule has 0 radical (unpaired) electrons. The van der Waals surface area contributed by atoms with Crippen LogP contribution in [0.5, 0.6) is 0 Å². The topological polar surface area (TPSA) is 72.6 Å². The number of methoxy groups -OCH3 is 1. The van der Waals surface area contributed by atoms with Gasteiger partial charge in [-0.3, -0.25) is 0 Å². The third-order valence-electron chi connectivity index (χ3n) is 2.60. The third kappa shape index (κ3) is 3.20. The van der Waals surface area contributed by atoms with E-state index in [1.165, 1.54) is 4.31 Å². The highest BCUT2D eigenvalue weighted by Gasteiger charge is 2.35. The van der Waals surface area contributed by atoms with Crippen LogP contribution in [0.2, 0.25) is 0 Å². The molecule has 14 heavy (non-hydrogen) atoms. The number of hydrogen-bond donors (Lipinski definition) is 1.